The van der Waals surface area contributed by atoms with Crippen LogP contribution in [-0.4, -0.2) is 75.3 Å². The summed E-state index contributed by atoms with van der Waals surface area (Å²) in [7, 11) is 0. The molecule has 0 radical (unpaired) electrons. The van der Waals surface area contributed by atoms with Crippen molar-refractivity contribution >= 4 is 41.5 Å². The highest BCUT2D eigenvalue weighted by Crippen LogP contribution is 2.26. The van der Waals surface area contributed by atoms with Crippen molar-refractivity contribution in [1.29, 1.82) is 0 Å². The molecule has 1 aromatic rings. The number of hydrogen-bond acceptors (Lipinski definition) is 4. The molecule has 2 aliphatic rings. The smallest absolute Gasteiger partial charge is 0.248 e. The Kier molecular flexibility index (Phi) is 11.0. The molecule has 31 heavy (non-hydrogen) atoms. The summed E-state index contributed by atoms with van der Waals surface area (Å²) < 4.78 is 5.50. The molecule has 1 atom stereocenters. The van der Waals surface area contributed by atoms with Crippen LogP contribution < -0.4 is 15.5 Å². The summed E-state index contributed by atoms with van der Waals surface area (Å²) in [5.74, 6) is 1.27. The molecular weight excluding hydrogens is 505 g/mol. The number of halogens is 1. The first kappa shape index (κ1) is 25.9. The number of morpholine rings is 1. The van der Waals surface area contributed by atoms with E-state index in [0.717, 1.165) is 64.5 Å². The fraction of sp³-hybridized carbons (Fsp3) is 0.652. The van der Waals surface area contributed by atoms with E-state index in [1.807, 2.05) is 30.0 Å². The number of benzene rings is 1. The second kappa shape index (κ2) is 13.2. The van der Waals surface area contributed by atoms with Gasteiger partial charge >= 0.3 is 0 Å². The Hall–Kier alpha value is -1.39. The lowest BCUT2D eigenvalue weighted by Crippen LogP contribution is -2.52. The molecule has 0 aromatic heterocycles. The van der Waals surface area contributed by atoms with Crippen LogP contribution in [0.15, 0.2) is 29.3 Å². The molecule has 1 amide bonds. The Morgan fingerprint density at radius 3 is 2.61 bits per heavy atom. The molecular formula is C23H38IN5O2. The van der Waals surface area contributed by atoms with Gasteiger partial charge in [0.05, 0.1) is 13.2 Å². The first-order valence-electron chi connectivity index (χ1n) is 11.3. The normalized spacial score (nSPS) is 18.2. The monoisotopic (exact) mass is 543 g/mol. The van der Waals surface area contributed by atoms with Crippen molar-refractivity contribution in [2.24, 2.45) is 10.9 Å². The van der Waals surface area contributed by atoms with Crippen molar-refractivity contribution in [3.8, 4) is 0 Å². The maximum Gasteiger partial charge on any atom is 0.248 e. The highest BCUT2D eigenvalue weighted by atomic mass is 127. The zero-order chi connectivity index (χ0) is 21.3. The van der Waals surface area contributed by atoms with Crippen LogP contribution in [0.2, 0.25) is 0 Å². The van der Waals surface area contributed by atoms with Crippen LogP contribution in [0, 0.1) is 5.92 Å². The van der Waals surface area contributed by atoms with Crippen LogP contribution in [0.25, 0.3) is 0 Å². The van der Waals surface area contributed by atoms with Gasteiger partial charge in [0.15, 0.2) is 5.96 Å². The third-order valence-electron chi connectivity index (χ3n) is 5.89. The second-order valence-electron chi connectivity index (χ2n) is 8.31. The Bertz CT molecular complexity index is 722. The molecule has 1 aromatic carbocycles. The lowest BCUT2D eigenvalue weighted by Gasteiger charge is -2.37. The van der Waals surface area contributed by atoms with Crippen molar-refractivity contribution in [3.05, 3.63) is 29.8 Å². The number of fused-ring (bicyclic) bond motifs is 1. The number of ether oxygens (including phenoxy) is 1. The fourth-order valence-electron chi connectivity index (χ4n) is 4.26. The number of nitrogens with one attached hydrogen (secondary N) is 2. The van der Waals surface area contributed by atoms with E-state index in [1.165, 1.54) is 5.56 Å². The summed E-state index contributed by atoms with van der Waals surface area (Å²) in [5, 5.41) is 6.74. The van der Waals surface area contributed by atoms with Gasteiger partial charge in [-0.05, 0) is 37.3 Å². The molecule has 0 bridgehead atoms. The highest BCUT2D eigenvalue weighted by Gasteiger charge is 2.24. The lowest BCUT2D eigenvalue weighted by molar-refractivity contribution is -0.117. The standard InChI is InChI=1S/C23H37N5O2.HI/c1-4-24-23(25-16-21(18(2)3)27-12-14-30-15-13-27)26-17-22(29)28-11-7-9-19-8-5-6-10-20(19)28;/h5-6,8,10,18,21H,4,7,9,11-17H2,1-3H3,(H2,24,25,26);1H. The number of carbonyl (C=O) groups excluding carboxylic acids is 1. The van der Waals surface area contributed by atoms with Crippen molar-refractivity contribution in [2.45, 2.75) is 39.7 Å². The minimum absolute atomic E-state index is 0. The zero-order valence-corrected chi connectivity index (χ0v) is 21.4. The van der Waals surface area contributed by atoms with Crippen molar-refractivity contribution in [3.63, 3.8) is 0 Å². The number of hydrogen-bond donors (Lipinski definition) is 2. The van der Waals surface area contributed by atoms with E-state index >= 15 is 0 Å². The summed E-state index contributed by atoms with van der Waals surface area (Å²) in [4.78, 5) is 21.9. The average Bonchev–Trinajstić information content (AvgIpc) is 2.77. The van der Waals surface area contributed by atoms with Crippen LogP contribution >= 0.6 is 24.0 Å². The SMILES string of the molecule is CCNC(=NCC(=O)N1CCCc2ccccc21)NCC(C(C)C)N1CCOCC1.I. The summed E-state index contributed by atoms with van der Waals surface area (Å²) in [5.41, 5.74) is 2.28. The maximum absolute atomic E-state index is 12.9. The summed E-state index contributed by atoms with van der Waals surface area (Å²) >= 11 is 0. The molecule has 8 heteroatoms. The van der Waals surface area contributed by atoms with E-state index in [4.69, 9.17) is 4.74 Å². The molecule has 1 unspecified atom stereocenters. The third kappa shape index (κ3) is 7.32. The summed E-state index contributed by atoms with van der Waals surface area (Å²) in [6.45, 7) is 12.5. The number of para-hydroxylation sites is 1. The van der Waals surface area contributed by atoms with E-state index in [0.29, 0.717) is 17.9 Å². The fourth-order valence-corrected chi connectivity index (χ4v) is 4.26. The topological polar surface area (TPSA) is 69.2 Å². The first-order valence-corrected chi connectivity index (χ1v) is 11.3. The molecule has 0 spiro atoms. The van der Waals surface area contributed by atoms with Gasteiger partial charge in [0.25, 0.3) is 0 Å². The molecule has 7 nitrogen and oxygen atoms in total. The van der Waals surface area contributed by atoms with Crippen molar-refractivity contribution in [1.82, 2.24) is 15.5 Å². The molecule has 1 saturated heterocycles. The minimum atomic E-state index is 0. The van der Waals surface area contributed by atoms with Crippen LogP contribution in [0.1, 0.15) is 32.8 Å². The number of aliphatic imine (C=N–C) groups is 1. The van der Waals surface area contributed by atoms with Gasteiger partial charge in [-0.3, -0.25) is 9.69 Å². The molecule has 3 rings (SSSR count). The van der Waals surface area contributed by atoms with Gasteiger partial charge in [0, 0.05) is 44.5 Å². The van der Waals surface area contributed by atoms with E-state index in [2.05, 4.69) is 40.4 Å². The van der Waals surface area contributed by atoms with E-state index in [1.54, 1.807) is 0 Å². The number of rotatable bonds is 7. The zero-order valence-electron chi connectivity index (χ0n) is 19.1. The molecule has 1 fully saturated rings. The molecule has 2 heterocycles. The van der Waals surface area contributed by atoms with Gasteiger partial charge in [-0.15, -0.1) is 24.0 Å². The lowest BCUT2D eigenvalue weighted by atomic mass is 10.0. The number of aryl methyl sites for hydroxylation is 1. The van der Waals surface area contributed by atoms with E-state index in [-0.39, 0.29) is 36.4 Å². The second-order valence-corrected chi connectivity index (χ2v) is 8.31. The van der Waals surface area contributed by atoms with E-state index < -0.39 is 0 Å². The molecule has 2 aliphatic heterocycles. The van der Waals surface area contributed by atoms with Gasteiger partial charge in [0.1, 0.15) is 6.54 Å². The molecule has 174 valence electrons. The molecule has 0 saturated carbocycles. The Labute approximate surface area is 204 Å². The number of amides is 1. The van der Waals surface area contributed by atoms with E-state index in [9.17, 15) is 4.79 Å². The highest BCUT2D eigenvalue weighted by molar-refractivity contribution is 14.0. The molecule has 0 aliphatic carbocycles. The third-order valence-corrected chi connectivity index (χ3v) is 5.89. The first-order chi connectivity index (χ1) is 14.6. The average molecular weight is 543 g/mol. The number of carbonyl (C=O) groups is 1. The van der Waals surface area contributed by atoms with Gasteiger partial charge in [-0.2, -0.15) is 0 Å². The predicted molar refractivity (Wildman–Crippen MR) is 138 cm³/mol. The Morgan fingerprint density at radius 1 is 1.16 bits per heavy atom. The van der Waals surface area contributed by atoms with Gasteiger partial charge < -0.3 is 20.3 Å². The van der Waals surface area contributed by atoms with Crippen LogP contribution in [0.5, 0.6) is 0 Å². The number of guanidine groups is 1. The summed E-state index contributed by atoms with van der Waals surface area (Å²) in [6.07, 6.45) is 2.03. The largest absolute Gasteiger partial charge is 0.379 e. The predicted octanol–water partition coefficient (Wildman–Crippen LogP) is 2.50. The van der Waals surface area contributed by atoms with Crippen molar-refractivity contribution < 1.29 is 9.53 Å². The number of nitrogens with zero attached hydrogens (tertiary/aromatic N) is 3. The Morgan fingerprint density at radius 2 is 1.90 bits per heavy atom. The van der Waals surface area contributed by atoms with Crippen LogP contribution in [-0.2, 0) is 16.0 Å². The summed E-state index contributed by atoms with van der Waals surface area (Å²) in [6, 6.07) is 8.59. The Balaban J connectivity index is 0.00000341. The van der Waals surface area contributed by atoms with Gasteiger partial charge in [-0.25, -0.2) is 4.99 Å². The van der Waals surface area contributed by atoms with Crippen LogP contribution in [0.4, 0.5) is 5.69 Å². The van der Waals surface area contributed by atoms with Crippen molar-refractivity contribution in [2.75, 3.05) is 57.4 Å². The van der Waals surface area contributed by atoms with Gasteiger partial charge in [0.2, 0.25) is 5.91 Å². The maximum atomic E-state index is 12.9. The van der Waals surface area contributed by atoms with Crippen LogP contribution in [0.3, 0.4) is 0 Å². The van der Waals surface area contributed by atoms with Gasteiger partial charge in [-0.1, -0.05) is 32.0 Å². The quantitative estimate of drug-likeness (QED) is 0.314. The minimum Gasteiger partial charge on any atom is -0.379 e. The number of anilines is 1. The molecule has 2 N–H and O–H groups in total.